The smallest absolute Gasteiger partial charge is 0.136 e. The molecule has 0 unspecified atom stereocenters. The van der Waals surface area contributed by atoms with E-state index in [1.807, 2.05) is 41.8 Å². The second-order valence-electron chi connectivity index (χ2n) is 32.3. The van der Waals surface area contributed by atoms with Crippen LogP contribution in [0.1, 0.15) is 0 Å². The van der Waals surface area contributed by atoms with Crippen LogP contribution in [0.2, 0.25) is 0 Å². The van der Waals surface area contributed by atoms with Gasteiger partial charge in [-0.1, -0.05) is 237 Å². The van der Waals surface area contributed by atoms with Gasteiger partial charge in [-0.3, -0.25) is 29.9 Å². The van der Waals surface area contributed by atoms with Crippen LogP contribution in [-0.2, 0) is 0 Å². The topological polar surface area (TPSA) is 110 Å². The van der Waals surface area contributed by atoms with E-state index in [1.54, 1.807) is 31.0 Å². The number of para-hydroxylation sites is 6. The molecule has 0 bridgehead atoms. The van der Waals surface area contributed by atoms with Gasteiger partial charge in [0.2, 0.25) is 0 Å². The summed E-state index contributed by atoms with van der Waals surface area (Å²) in [4.78, 5) is 29.7. The number of fused-ring (bicyclic) bond motifs is 24. The van der Waals surface area contributed by atoms with E-state index in [0.717, 1.165) is 128 Å². The third kappa shape index (κ3) is 11.0. The summed E-state index contributed by atoms with van der Waals surface area (Å²) in [5.41, 5.74) is 27.2. The molecule has 0 amide bonds. The Morgan fingerprint density at radius 2 is 0.524 bits per heavy atom. The van der Waals surface area contributed by atoms with Crippen LogP contribution in [0.15, 0.2) is 418 Å². The van der Waals surface area contributed by atoms with E-state index in [4.69, 9.17) is 34.3 Å². The Hall–Kier alpha value is -16.8. The summed E-state index contributed by atoms with van der Waals surface area (Å²) in [5.74, 6) is 0. The number of hydrogen-bond acceptors (Lipinski definition) is 8. The van der Waals surface area contributed by atoms with Gasteiger partial charge in [-0.2, -0.15) is 0 Å². The minimum Gasteiger partial charge on any atom is -0.456 e. The van der Waals surface area contributed by atoms with Gasteiger partial charge < -0.3 is 22.7 Å². The predicted octanol–water partition coefficient (Wildman–Crippen LogP) is 30.0. The molecule has 0 aliphatic heterocycles. The Morgan fingerprint density at radius 1 is 0.190 bits per heavy atom. The highest BCUT2D eigenvalue weighted by molar-refractivity contribution is 7.26. The summed E-state index contributed by atoms with van der Waals surface area (Å²) in [6.45, 7) is 0. The molecule has 0 N–H and O–H groups in total. The minimum atomic E-state index is 0.862. The number of nitrogens with zero attached hydrogens (tertiary/aromatic N) is 10. The van der Waals surface area contributed by atoms with E-state index in [2.05, 4.69) is 370 Å². The SMILES string of the molecule is c1ccc(-n2c3ccccc3c3c(-c4ccc(-n5c6ccccc6c6cc7ccccc7cc65)c5nccnc45)cccc32)cc1.c1ccc2cc3c(cc2c1)c1ccccc1n3-c1ccc(-c2cccc3oc4ccccc4c23)c2nccnc12.c1ccc2cc3c(cc2c1)c1ccccc1n3-c1ccc(-c2cccc3sc4ccccc4c23)c2nccnc12. The van der Waals surface area contributed by atoms with E-state index in [9.17, 15) is 0 Å². The molecule has 28 aromatic rings. The van der Waals surface area contributed by atoms with E-state index < -0.39 is 0 Å². The lowest BCUT2D eigenvalue weighted by Crippen LogP contribution is -1.99. The summed E-state index contributed by atoms with van der Waals surface area (Å²) in [6.07, 6.45) is 10.8. The standard InChI is InChI=1S/C42H26N4.C36H21N3O.C36H21N3S/c1-2-13-29(14-3-1)45-36-19-9-7-16-33(36)40-31(17-10-20-37(40)45)32-21-22-38(42-41(32)43-23-24-44-42)46-35-18-8-6-15-30(35)34-25-27-11-4-5-12-28(27)26-39(34)46;2*1-2-9-23-21-31-28(20-22(23)8-1)24-10-3-5-13-29(24)39(31)30-17-16-26(35-36(30)38-19-18-37-35)25-12-7-15-33-34(25)27-11-4-6-14-32(27)40-33/h1-26H;2*1-21H. The van der Waals surface area contributed by atoms with Gasteiger partial charge >= 0.3 is 0 Å². The quantitative estimate of drug-likeness (QED) is 0.156. The Morgan fingerprint density at radius 3 is 1.00 bits per heavy atom. The Kier molecular flexibility index (Phi) is 16.0. The summed E-state index contributed by atoms with van der Waals surface area (Å²) >= 11 is 1.84. The fourth-order valence-corrected chi connectivity index (χ4v) is 21.3. The Labute approximate surface area is 723 Å². The molecule has 9 aromatic heterocycles. The van der Waals surface area contributed by atoms with E-state index >= 15 is 0 Å². The molecule has 0 saturated carbocycles. The highest BCUT2D eigenvalue weighted by Crippen LogP contribution is 2.48. The average molecular weight is 1630 g/mol. The van der Waals surface area contributed by atoms with Crippen molar-refractivity contribution in [3.63, 3.8) is 0 Å². The molecule has 11 nitrogen and oxygen atoms in total. The minimum absolute atomic E-state index is 0.862. The molecule has 0 aliphatic carbocycles. The molecule has 19 aromatic carbocycles. The highest BCUT2D eigenvalue weighted by Gasteiger charge is 2.26. The lowest BCUT2D eigenvalue weighted by atomic mass is 9.97. The first-order valence-electron chi connectivity index (χ1n) is 42.4. The molecule has 586 valence electrons. The van der Waals surface area contributed by atoms with Crippen LogP contribution < -0.4 is 0 Å². The van der Waals surface area contributed by atoms with Gasteiger partial charge in [-0.15, -0.1) is 11.3 Å². The number of benzene rings is 19. The van der Waals surface area contributed by atoms with Gasteiger partial charge in [-0.25, -0.2) is 0 Å². The van der Waals surface area contributed by atoms with Crippen molar-refractivity contribution in [1.82, 2.24) is 48.2 Å². The zero-order chi connectivity index (χ0) is 82.6. The second kappa shape index (κ2) is 28.4. The van der Waals surface area contributed by atoms with Crippen molar-refractivity contribution in [2.24, 2.45) is 0 Å². The maximum absolute atomic E-state index is 6.20. The van der Waals surface area contributed by atoms with Crippen LogP contribution in [0.4, 0.5) is 0 Å². The van der Waals surface area contributed by atoms with Gasteiger partial charge in [0.25, 0.3) is 0 Å². The molecule has 12 heteroatoms. The van der Waals surface area contributed by atoms with Crippen molar-refractivity contribution in [2.75, 3.05) is 0 Å². The monoisotopic (exact) mass is 1620 g/mol. The summed E-state index contributed by atoms with van der Waals surface area (Å²) < 4.78 is 18.2. The second-order valence-corrected chi connectivity index (χ2v) is 33.4. The van der Waals surface area contributed by atoms with Crippen LogP contribution in [0, 0.1) is 0 Å². The number of rotatable bonds is 7. The van der Waals surface area contributed by atoms with Crippen LogP contribution in [0.5, 0.6) is 0 Å². The number of aromatic nitrogens is 10. The number of hydrogen-bond donors (Lipinski definition) is 0. The molecule has 0 spiro atoms. The van der Waals surface area contributed by atoms with Crippen LogP contribution >= 0.6 is 11.3 Å². The zero-order valence-corrected chi connectivity index (χ0v) is 68.4. The van der Waals surface area contributed by atoms with Crippen LogP contribution in [-0.4, -0.2) is 48.2 Å². The maximum Gasteiger partial charge on any atom is 0.136 e. The average Bonchev–Trinajstić information content (AvgIpc) is 1.54. The molecular weight excluding hydrogens is 1560 g/mol. The predicted molar refractivity (Wildman–Crippen MR) is 525 cm³/mol. The Bertz CT molecular complexity index is 9070. The summed E-state index contributed by atoms with van der Waals surface area (Å²) in [5, 5.41) is 21.9. The summed E-state index contributed by atoms with van der Waals surface area (Å²) in [7, 11) is 0. The van der Waals surface area contributed by atoms with Crippen molar-refractivity contribution >= 4 is 206 Å². The lowest BCUT2D eigenvalue weighted by Gasteiger charge is -2.14. The molecule has 28 rings (SSSR count). The molecule has 9 heterocycles. The van der Waals surface area contributed by atoms with Crippen molar-refractivity contribution in [3.8, 4) is 56.1 Å². The van der Waals surface area contributed by atoms with Gasteiger partial charge in [-0.05, 0) is 189 Å². The first-order chi connectivity index (χ1) is 62.5. The number of furan rings is 1. The normalized spacial score (nSPS) is 12.0. The molecule has 0 atom stereocenters. The third-order valence-electron chi connectivity index (χ3n) is 25.5. The summed E-state index contributed by atoms with van der Waals surface area (Å²) in [6, 6.07) is 134. The van der Waals surface area contributed by atoms with Crippen molar-refractivity contribution in [1.29, 1.82) is 0 Å². The first-order valence-corrected chi connectivity index (χ1v) is 43.2. The lowest BCUT2D eigenvalue weighted by molar-refractivity contribution is 0.669. The van der Waals surface area contributed by atoms with Crippen molar-refractivity contribution in [3.05, 3.63) is 413 Å². The number of thiophene rings is 1. The molecule has 0 radical (unpaired) electrons. The largest absolute Gasteiger partial charge is 0.456 e. The molecular formula is C114H68N10OS. The van der Waals surface area contributed by atoms with E-state index in [-0.39, 0.29) is 0 Å². The van der Waals surface area contributed by atoms with Gasteiger partial charge in [0.15, 0.2) is 0 Å². The van der Waals surface area contributed by atoms with Gasteiger partial charge in [0.1, 0.15) is 27.7 Å². The van der Waals surface area contributed by atoms with Crippen molar-refractivity contribution in [2.45, 2.75) is 0 Å². The molecule has 0 saturated heterocycles. The highest BCUT2D eigenvalue weighted by atomic mass is 32.1. The van der Waals surface area contributed by atoms with E-state index in [0.29, 0.717) is 0 Å². The van der Waals surface area contributed by atoms with Gasteiger partial charge in [0, 0.05) is 134 Å². The fourth-order valence-electron chi connectivity index (χ4n) is 20.2. The third-order valence-corrected chi connectivity index (χ3v) is 26.7. The maximum atomic E-state index is 6.20. The Balaban J connectivity index is 0.000000101. The van der Waals surface area contributed by atoms with Gasteiger partial charge in [0.05, 0.1) is 77.7 Å². The van der Waals surface area contributed by atoms with Crippen molar-refractivity contribution < 1.29 is 4.42 Å². The molecule has 0 fully saturated rings. The van der Waals surface area contributed by atoms with Crippen LogP contribution in [0.3, 0.4) is 0 Å². The zero-order valence-electron chi connectivity index (χ0n) is 67.5. The van der Waals surface area contributed by atoms with E-state index in [1.165, 1.54) is 123 Å². The molecule has 0 aliphatic rings. The van der Waals surface area contributed by atoms with Crippen LogP contribution in [0.25, 0.3) is 251 Å². The molecule has 126 heavy (non-hydrogen) atoms. The first kappa shape index (κ1) is 71.0. The fraction of sp³-hybridized carbons (Fsp3) is 0.